The second-order valence-electron chi connectivity index (χ2n) is 15.5. The fourth-order valence-corrected chi connectivity index (χ4v) is 11.4. The molecule has 0 aromatic heterocycles. The van der Waals surface area contributed by atoms with E-state index < -0.39 is 0 Å². The van der Waals surface area contributed by atoms with Gasteiger partial charge in [-0.25, -0.2) is 0 Å². The molecule has 0 amide bonds. The molecule has 10 atom stereocenters. The van der Waals surface area contributed by atoms with E-state index in [9.17, 15) is 9.59 Å². The van der Waals surface area contributed by atoms with Crippen LogP contribution in [0.5, 0.6) is 0 Å². The average molecular weight is 599 g/mol. The van der Waals surface area contributed by atoms with E-state index in [1.807, 2.05) is 0 Å². The molecule has 4 fully saturated rings. The van der Waals surface area contributed by atoms with Crippen molar-refractivity contribution >= 4 is 11.9 Å². The maximum Gasteiger partial charge on any atom is 0.302 e. The van der Waals surface area contributed by atoms with Crippen LogP contribution in [0.4, 0.5) is 0 Å². The molecule has 6 rings (SSSR count). The fourth-order valence-electron chi connectivity index (χ4n) is 11.4. The first-order chi connectivity index (χ1) is 21.1. The molecule has 4 saturated carbocycles. The van der Waals surface area contributed by atoms with Crippen molar-refractivity contribution in [3.05, 3.63) is 71.8 Å². The van der Waals surface area contributed by atoms with Crippen LogP contribution in [0.2, 0.25) is 0 Å². The molecule has 0 heterocycles. The van der Waals surface area contributed by atoms with Gasteiger partial charge in [-0.15, -0.1) is 0 Å². The van der Waals surface area contributed by atoms with Crippen LogP contribution in [-0.4, -0.2) is 24.1 Å². The van der Waals surface area contributed by atoms with Crippen LogP contribution in [0.3, 0.4) is 0 Å². The molecule has 0 N–H and O–H groups in total. The zero-order valence-electron chi connectivity index (χ0n) is 27.7. The Labute approximate surface area is 265 Å². The third-order valence-electron chi connectivity index (χ3n) is 13.4. The molecule has 2 aromatic carbocycles. The molecule has 0 spiro atoms. The van der Waals surface area contributed by atoms with Crippen molar-refractivity contribution in [2.24, 2.45) is 46.3 Å². The van der Waals surface area contributed by atoms with Crippen LogP contribution in [0.15, 0.2) is 60.7 Å². The number of hydrogen-bond donors (Lipinski definition) is 0. The van der Waals surface area contributed by atoms with Crippen molar-refractivity contribution in [2.75, 3.05) is 0 Å². The van der Waals surface area contributed by atoms with Crippen LogP contribution < -0.4 is 0 Å². The number of esters is 2. The van der Waals surface area contributed by atoms with Crippen molar-refractivity contribution in [1.82, 2.24) is 0 Å². The molecular weight excluding hydrogens is 544 g/mol. The van der Waals surface area contributed by atoms with Crippen molar-refractivity contribution in [1.29, 1.82) is 0 Å². The fraction of sp³-hybridized carbons (Fsp3) is 0.650. The number of hydrogen-bond acceptors (Lipinski definition) is 4. The summed E-state index contributed by atoms with van der Waals surface area (Å²) in [5.74, 6) is 3.65. The van der Waals surface area contributed by atoms with Crippen LogP contribution in [-0.2, 0) is 19.1 Å². The Bertz CT molecular complexity index is 1250. The standard InChI is InChI=1S/C40H54O4/c1-26(16-18-33(29-12-8-6-9-13-29)30-14-10-7-11-15-30)35-20-21-36-34-19-17-31-24-32(43-27(2)41)22-23-39(31,4)37(34)25-38(40(35,36)5)44-28(3)42/h6-15,26,31-38H,16-25H2,1-5H3/t26-,31+,32+,34+,35-,36+,37+,38-,39+,40-/m1/s1. The summed E-state index contributed by atoms with van der Waals surface area (Å²) in [6.45, 7) is 10.7. The van der Waals surface area contributed by atoms with Crippen molar-refractivity contribution in [2.45, 2.75) is 117 Å². The Kier molecular flexibility index (Phi) is 9.01. The lowest BCUT2D eigenvalue weighted by Gasteiger charge is -2.62. The lowest BCUT2D eigenvalue weighted by molar-refractivity contribution is -0.197. The van der Waals surface area contributed by atoms with E-state index in [0.29, 0.717) is 41.4 Å². The second-order valence-corrected chi connectivity index (χ2v) is 15.5. The maximum absolute atomic E-state index is 12.6. The number of carbonyl (C=O) groups is 2. The monoisotopic (exact) mass is 598 g/mol. The van der Waals surface area contributed by atoms with E-state index in [4.69, 9.17) is 9.47 Å². The summed E-state index contributed by atoms with van der Waals surface area (Å²) in [7, 11) is 0. The molecule has 4 aliphatic rings. The maximum atomic E-state index is 12.6. The minimum Gasteiger partial charge on any atom is -0.463 e. The van der Waals surface area contributed by atoms with E-state index in [0.717, 1.165) is 32.1 Å². The van der Waals surface area contributed by atoms with Crippen molar-refractivity contribution in [3.63, 3.8) is 0 Å². The summed E-state index contributed by atoms with van der Waals surface area (Å²) >= 11 is 0. The predicted octanol–water partition coefficient (Wildman–Crippen LogP) is 9.37. The molecule has 4 aliphatic carbocycles. The van der Waals surface area contributed by atoms with Gasteiger partial charge in [-0.3, -0.25) is 9.59 Å². The number of fused-ring (bicyclic) bond motifs is 5. The minimum atomic E-state index is -0.152. The average Bonchev–Trinajstić information content (AvgIpc) is 3.37. The zero-order valence-corrected chi connectivity index (χ0v) is 27.7. The molecule has 0 radical (unpaired) electrons. The molecule has 0 saturated heterocycles. The highest BCUT2D eigenvalue weighted by molar-refractivity contribution is 5.66. The summed E-state index contributed by atoms with van der Waals surface area (Å²) < 4.78 is 12.1. The number of benzene rings is 2. The van der Waals surface area contributed by atoms with E-state index in [-0.39, 0.29) is 35.0 Å². The lowest BCUT2D eigenvalue weighted by Crippen LogP contribution is -2.59. The van der Waals surface area contributed by atoms with Gasteiger partial charge in [0.2, 0.25) is 0 Å². The highest BCUT2D eigenvalue weighted by Crippen LogP contribution is 2.69. The summed E-state index contributed by atoms with van der Waals surface area (Å²) in [6.07, 6.45) is 11.3. The smallest absolute Gasteiger partial charge is 0.302 e. The molecule has 4 heteroatoms. The van der Waals surface area contributed by atoms with Gasteiger partial charge in [0.1, 0.15) is 12.2 Å². The Hall–Kier alpha value is -2.62. The minimum absolute atomic E-state index is 0.0133. The number of carbonyl (C=O) groups excluding carboxylic acids is 2. The molecule has 0 bridgehead atoms. The lowest BCUT2D eigenvalue weighted by atomic mass is 9.43. The van der Waals surface area contributed by atoms with Gasteiger partial charge < -0.3 is 9.47 Å². The Morgan fingerprint density at radius 2 is 1.41 bits per heavy atom. The van der Waals surface area contributed by atoms with Gasteiger partial charge in [-0.1, -0.05) is 81.4 Å². The topological polar surface area (TPSA) is 52.6 Å². The van der Waals surface area contributed by atoms with Gasteiger partial charge >= 0.3 is 11.9 Å². The van der Waals surface area contributed by atoms with Crippen molar-refractivity contribution < 1.29 is 19.1 Å². The second kappa shape index (κ2) is 12.6. The number of rotatable bonds is 8. The van der Waals surface area contributed by atoms with Crippen LogP contribution in [0.1, 0.15) is 116 Å². The third-order valence-corrected chi connectivity index (χ3v) is 13.4. The Balaban J connectivity index is 1.22. The molecular formula is C40H54O4. The third kappa shape index (κ3) is 5.76. The highest BCUT2D eigenvalue weighted by Gasteiger charge is 2.65. The van der Waals surface area contributed by atoms with E-state index >= 15 is 0 Å². The number of ether oxygens (including phenoxy) is 2. The Morgan fingerprint density at radius 3 is 2.02 bits per heavy atom. The van der Waals surface area contributed by atoms with E-state index in [1.54, 1.807) is 6.92 Å². The van der Waals surface area contributed by atoms with Gasteiger partial charge in [-0.2, -0.15) is 0 Å². The quantitative estimate of drug-likeness (QED) is 0.284. The van der Waals surface area contributed by atoms with Crippen molar-refractivity contribution in [3.8, 4) is 0 Å². The molecule has 0 unspecified atom stereocenters. The largest absolute Gasteiger partial charge is 0.463 e. The van der Waals surface area contributed by atoms with E-state index in [1.165, 1.54) is 50.2 Å². The molecule has 44 heavy (non-hydrogen) atoms. The first-order valence-corrected chi connectivity index (χ1v) is 17.6. The van der Waals surface area contributed by atoms with Gasteiger partial charge in [0, 0.05) is 25.2 Å². The first kappa shape index (κ1) is 31.4. The van der Waals surface area contributed by atoms with Crippen LogP contribution >= 0.6 is 0 Å². The summed E-state index contributed by atoms with van der Waals surface area (Å²) in [4.78, 5) is 24.4. The summed E-state index contributed by atoms with van der Waals surface area (Å²) in [5, 5.41) is 0. The van der Waals surface area contributed by atoms with Crippen LogP contribution in [0.25, 0.3) is 0 Å². The Morgan fingerprint density at radius 1 is 0.773 bits per heavy atom. The first-order valence-electron chi connectivity index (χ1n) is 17.6. The van der Waals surface area contributed by atoms with Gasteiger partial charge in [-0.05, 0) is 116 Å². The normalized spacial score (nSPS) is 36.9. The molecule has 4 nitrogen and oxygen atoms in total. The van der Waals surface area contributed by atoms with E-state index in [2.05, 4.69) is 81.4 Å². The van der Waals surface area contributed by atoms with Gasteiger partial charge in [0.05, 0.1) is 0 Å². The van der Waals surface area contributed by atoms with Gasteiger partial charge in [0.15, 0.2) is 0 Å². The van der Waals surface area contributed by atoms with Crippen LogP contribution in [0, 0.1) is 46.3 Å². The molecule has 238 valence electrons. The van der Waals surface area contributed by atoms with Gasteiger partial charge in [0.25, 0.3) is 0 Å². The molecule has 0 aliphatic heterocycles. The summed E-state index contributed by atoms with van der Waals surface area (Å²) in [5.41, 5.74) is 3.03. The SMILES string of the molecule is CC(=O)O[C@H]1CC[C@@]2(C)[C@@H](CC[C@@H]3[C@@H]2C[C@@H](OC(C)=O)[C@]2(C)[C@@H]([C@H](C)CCC(c4ccccc4)c4ccccc4)CC[C@@H]32)C1. The highest BCUT2D eigenvalue weighted by atomic mass is 16.5. The molecule has 2 aromatic rings. The zero-order chi connectivity index (χ0) is 31.1. The predicted molar refractivity (Wildman–Crippen MR) is 175 cm³/mol. The summed E-state index contributed by atoms with van der Waals surface area (Å²) in [6, 6.07) is 22.0.